The maximum absolute atomic E-state index is 11.3. The van der Waals surface area contributed by atoms with Crippen LogP contribution in [-0.2, 0) is 24.2 Å². The molecule has 0 fully saturated rings. The summed E-state index contributed by atoms with van der Waals surface area (Å²) >= 11 is 0. The van der Waals surface area contributed by atoms with Crippen LogP contribution < -0.4 is 5.48 Å². The second-order valence-electron chi connectivity index (χ2n) is 9.03. The van der Waals surface area contributed by atoms with Crippen LogP contribution in [0.15, 0.2) is 79.0 Å². The molecular formula is C29H29N3O3. The fraction of sp³-hybridized carbons (Fsp3) is 0.207. The number of amides is 1. The highest BCUT2D eigenvalue weighted by atomic mass is 16.5. The lowest BCUT2D eigenvalue weighted by atomic mass is 10.0. The van der Waals surface area contributed by atoms with Crippen molar-refractivity contribution < 1.29 is 15.1 Å². The molecule has 5 rings (SSSR count). The highest BCUT2D eigenvalue weighted by Crippen LogP contribution is 2.38. The van der Waals surface area contributed by atoms with Crippen molar-refractivity contribution in [2.45, 2.75) is 31.8 Å². The van der Waals surface area contributed by atoms with E-state index in [-0.39, 0.29) is 6.04 Å². The van der Waals surface area contributed by atoms with E-state index >= 15 is 0 Å². The Labute approximate surface area is 204 Å². The standard InChI is InChI=1S/C29H29N3O3/c33-28-8-4-1-5-23(28)19-32(16-15-22-18-30-26-7-3-2-6-24(22)26)27-13-11-21-17-20(9-12-25(21)27)10-14-29(34)31-35/h1-10,12,14,17-18,27,30,33,35H,11,13,15-16,19H2,(H,31,34)/b14-10+. The molecule has 0 spiro atoms. The van der Waals surface area contributed by atoms with Crippen LogP contribution in [0.1, 0.15) is 40.3 Å². The topological polar surface area (TPSA) is 88.6 Å². The number of aromatic hydroxyl groups is 1. The van der Waals surface area contributed by atoms with Crippen LogP contribution in [-0.4, -0.2) is 32.6 Å². The fourth-order valence-electron chi connectivity index (χ4n) is 5.12. The Kier molecular flexibility index (Phi) is 6.66. The molecule has 1 amide bonds. The second-order valence-corrected chi connectivity index (χ2v) is 9.03. The normalized spacial score (nSPS) is 15.2. The number of para-hydroxylation sites is 2. The number of aryl methyl sites for hydroxylation is 1. The lowest BCUT2D eigenvalue weighted by Gasteiger charge is -2.30. The quantitative estimate of drug-likeness (QED) is 0.164. The van der Waals surface area contributed by atoms with Crippen LogP contribution in [0.3, 0.4) is 0 Å². The number of aromatic amines is 1. The fourth-order valence-corrected chi connectivity index (χ4v) is 5.12. The summed E-state index contributed by atoms with van der Waals surface area (Å²) in [5.41, 5.74) is 8.49. The molecule has 0 bridgehead atoms. The van der Waals surface area contributed by atoms with Gasteiger partial charge in [-0.25, -0.2) is 5.48 Å². The maximum atomic E-state index is 11.3. The number of nitrogens with zero attached hydrogens (tertiary/aromatic N) is 1. The summed E-state index contributed by atoms with van der Waals surface area (Å²) in [6.07, 6.45) is 7.99. The number of hydroxylamine groups is 1. The van der Waals surface area contributed by atoms with Gasteiger partial charge >= 0.3 is 0 Å². The number of fused-ring (bicyclic) bond motifs is 2. The van der Waals surface area contributed by atoms with Gasteiger partial charge in [-0.15, -0.1) is 0 Å². The van der Waals surface area contributed by atoms with Crippen molar-refractivity contribution in [2.75, 3.05) is 6.54 Å². The first kappa shape index (κ1) is 22.9. The molecule has 6 nitrogen and oxygen atoms in total. The van der Waals surface area contributed by atoms with Gasteiger partial charge in [-0.05, 0) is 59.7 Å². The van der Waals surface area contributed by atoms with Gasteiger partial charge < -0.3 is 10.1 Å². The molecule has 1 aliphatic rings. The molecule has 4 aromatic rings. The number of phenolic OH excluding ortho intramolecular Hbond substituents is 1. The molecule has 0 aliphatic heterocycles. The van der Waals surface area contributed by atoms with Crippen molar-refractivity contribution in [1.82, 2.24) is 15.4 Å². The monoisotopic (exact) mass is 467 g/mol. The zero-order chi connectivity index (χ0) is 24.2. The second kappa shape index (κ2) is 10.2. The number of carbonyl (C=O) groups excluding carboxylic acids is 1. The molecule has 3 aromatic carbocycles. The average molecular weight is 468 g/mol. The summed E-state index contributed by atoms with van der Waals surface area (Å²) in [7, 11) is 0. The van der Waals surface area contributed by atoms with Crippen molar-refractivity contribution in [2.24, 2.45) is 0 Å². The molecule has 0 saturated carbocycles. The number of nitrogens with one attached hydrogen (secondary N) is 2. The van der Waals surface area contributed by atoms with Crippen molar-refractivity contribution in [3.8, 4) is 5.75 Å². The van der Waals surface area contributed by atoms with Crippen LogP contribution in [0.2, 0.25) is 0 Å². The zero-order valence-electron chi connectivity index (χ0n) is 19.4. The van der Waals surface area contributed by atoms with Crippen LogP contribution in [0.4, 0.5) is 0 Å². The van der Waals surface area contributed by atoms with E-state index in [1.54, 1.807) is 17.6 Å². The molecule has 1 unspecified atom stereocenters. The number of benzene rings is 3. The van der Waals surface area contributed by atoms with Gasteiger partial charge in [0.1, 0.15) is 5.75 Å². The van der Waals surface area contributed by atoms with E-state index in [4.69, 9.17) is 5.21 Å². The van der Waals surface area contributed by atoms with Crippen molar-refractivity contribution in [1.29, 1.82) is 0 Å². The average Bonchev–Trinajstić information content (AvgIpc) is 3.50. The summed E-state index contributed by atoms with van der Waals surface area (Å²) in [4.78, 5) is 17.2. The molecule has 0 saturated heterocycles. The molecule has 1 atom stereocenters. The Morgan fingerprint density at radius 1 is 1.09 bits per heavy atom. The van der Waals surface area contributed by atoms with Crippen molar-refractivity contribution in [3.63, 3.8) is 0 Å². The summed E-state index contributed by atoms with van der Waals surface area (Å²) in [5.74, 6) is -0.222. The molecule has 4 N–H and O–H groups in total. The van der Waals surface area contributed by atoms with Gasteiger partial charge in [-0.2, -0.15) is 0 Å². The molecule has 178 valence electrons. The first-order chi connectivity index (χ1) is 17.1. The van der Waals surface area contributed by atoms with E-state index in [0.29, 0.717) is 12.3 Å². The Morgan fingerprint density at radius 2 is 1.91 bits per heavy atom. The van der Waals surface area contributed by atoms with E-state index in [2.05, 4.69) is 46.4 Å². The number of H-pyrrole nitrogens is 1. The summed E-state index contributed by atoms with van der Waals surface area (Å²) < 4.78 is 0. The first-order valence-corrected chi connectivity index (χ1v) is 11.9. The molecule has 1 aliphatic carbocycles. The number of carbonyl (C=O) groups is 1. The summed E-state index contributed by atoms with van der Waals surface area (Å²) in [5, 5.41) is 20.4. The Bertz CT molecular complexity index is 1370. The maximum Gasteiger partial charge on any atom is 0.267 e. The first-order valence-electron chi connectivity index (χ1n) is 11.9. The van der Waals surface area contributed by atoms with E-state index in [9.17, 15) is 9.90 Å². The number of aromatic nitrogens is 1. The van der Waals surface area contributed by atoms with Gasteiger partial charge in [0.25, 0.3) is 5.91 Å². The lowest BCUT2D eigenvalue weighted by Crippen LogP contribution is -2.29. The number of rotatable bonds is 8. The van der Waals surface area contributed by atoms with E-state index in [0.717, 1.165) is 42.5 Å². The molecule has 6 heteroatoms. The Hall–Kier alpha value is -3.87. The van der Waals surface area contributed by atoms with Gasteiger partial charge in [-0.3, -0.25) is 14.9 Å². The zero-order valence-corrected chi connectivity index (χ0v) is 19.4. The van der Waals surface area contributed by atoms with Gasteiger partial charge in [0, 0.05) is 47.9 Å². The third kappa shape index (κ3) is 4.99. The minimum absolute atomic E-state index is 0.244. The van der Waals surface area contributed by atoms with Crippen LogP contribution in [0.5, 0.6) is 5.75 Å². The van der Waals surface area contributed by atoms with Gasteiger partial charge in [0.2, 0.25) is 0 Å². The number of hydrogen-bond donors (Lipinski definition) is 4. The summed E-state index contributed by atoms with van der Waals surface area (Å²) in [6.45, 7) is 1.52. The van der Waals surface area contributed by atoms with Crippen LogP contribution >= 0.6 is 0 Å². The van der Waals surface area contributed by atoms with Crippen LogP contribution in [0.25, 0.3) is 17.0 Å². The molecule has 35 heavy (non-hydrogen) atoms. The third-order valence-electron chi connectivity index (χ3n) is 6.90. The molecule has 1 aromatic heterocycles. The third-order valence-corrected chi connectivity index (χ3v) is 6.90. The van der Waals surface area contributed by atoms with Gasteiger partial charge in [0.05, 0.1) is 0 Å². The largest absolute Gasteiger partial charge is 0.508 e. The number of hydrogen-bond acceptors (Lipinski definition) is 4. The van der Waals surface area contributed by atoms with E-state index in [1.807, 2.05) is 30.3 Å². The highest BCUT2D eigenvalue weighted by molar-refractivity contribution is 5.90. The molecule has 1 heterocycles. The van der Waals surface area contributed by atoms with Crippen molar-refractivity contribution >= 4 is 22.9 Å². The predicted molar refractivity (Wildman–Crippen MR) is 137 cm³/mol. The summed E-state index contributed by atoms with van der Waals surface area (Å²) in [6, 6.07) is 22.5. The van der Waals surface area contributed by atoms with Gasteiger partial charge in [0.15, 0.2) is 0 Å². The van der Waals surface area contributed by atoms with Crippen molar-refractivity contribution in [3.05, 3.63) is 107 Å². The minimum atomic E-state index is -0.547. The van der Waals surface area contributed by atoms with E-state index in [1.165, 1.54) is 28.2 Å². The molecular weight excluding hydrogens is 438 g/mol. The molecule has 0 radical (unpaired) electrons. The SMILES string of the molecule is O=C(/C=C/c1ccc2c(c1)CCC2N(CCc1c[nH]c2ccccc12)Cc1ccccc1O)NO. The van der Waals surface area contributed by atoms with Gasteiger partial charge in [-0.1, -0.05) is 54.6 Å². The lowest BCUT2D eigenvalue weighted by molar-refractivity contribution is -0.124. The highest BCUT2D eigenvalue weighted by Gasteiger charge is 2.28. The predicted octanol–water partition coefficient (Wildman–Crippen LogP) is 5.12. The smallest absolute Gasteiger partial charge is 0.267 e. The minimum Gasteiger partial charge on any atom is -0.508 e. The van der Waals surface area contributed by atoms with E-state index < -0.39 is 5.91 Å². The Balaban J connectivity index is 1.41. The number of phenols is 1. The van der Waals surface area contributed by atoms with Crippen LogP contribution in [0, 0.1) is 0 Å². The Morgan fingerprint density at radius 3 is 2.77 bits per heavy atom.